The summed E-state index contributed by atoms with van der Waals surface area (Å²) in [6.07, 6.45) is 4.50. The fraction of sp³-hybridized carbons (Fsp3) is 0.636. The monoisotopic (exact) mass is 444 g/mol. The van der Waals surface area contributed by atoms with E-state index < -0.39 is 17.4 Å². The number of halogens is 1. The minimum absolute atomic E-state index is 0.0138. The van der Waals surface area contributed by atoms with Crippen LogP contribution in [0.15, 0.2) is 6.07 Å². The molecular weight excluding hydrogens is 415 g/mol. The molecule has 0 aromatic carbocycles. The molecule has 4 N–H and O–H groups in total. The molecule has 10 heteroatoms. The second-order valence-corrected chi connectivity index (χ2v) is 10.1. The number of hydrogen-bond acceptors (Lipinski definition) is 8. The standard InChI is InChI=1S/C22H29FN6O3/c1-11-4-16(29-28-11)25-19-17(23)15(9-32-12(2)30)24-20(27-19)26-18-14-5-13-6-21(18,3)10-22(31,7-13)8-14/h4,13-14,18,31H,5-10H2,1-3H3,(H3,24,25,26,27,28,29). The summed E-state index contributed by atoms with van der Waals surface area (Å²) in [7, 11) is 0. The van der Waals surface area contributed by atoms with E-state index in [9.17, 15) is 9.90 Å². The van der Waals surface area contributed by atoms with Gasteiger partial charge in [0.05, 0.1) is 5.60 Å². The van der Waals surface area contributed by atoms with Crippen LogP contribution < -0.4 is 10.6 Å². The van der Waals surface area contributed by atoms with Crippen molar-refractivity contribution in [3.05, 3.63) is 23.3 Å². The maximum Gasteiger partial charge on any atom is 0.303 e. The quantitative estimate of drug-likeness (QED) is 0.501. The number of carbonyl (C=O) groups excluding carboxylic acids is 1. The predicted octanol–water partition coefficient (Wildman–Crippen LogP) is 3.20. The van der Waals surface area contributed by atoms with E-state index in [1.165, 1.54) is 6.92 Å². The molecule has 5 atom stereocenters. The van der Waals surface area contributed by atoms with Gasteiger partial charge in [0.2, 0.25) is 5.95 Å². The van der Waals surface area contributed by atoms with Crippen LogP contribution in [0, 0.1) is 30.0 Å². The number of rotatable bonds is 6. The van der Waals surface area contributed by atoms with E-state index in [0.717, 1.165) is 37.8 Å². The van der Waals surface area contributed by atoms with Crippen LogP contribution in [-0.4, -0.2) is 42.9 Å². The fourth-order valence-electron chi connectivity index (χ4n) is 6.49. The zero-order valence-electron chi connectivity index (χ0n) is 18.5. The molecule has 0 aliphatic heterocycles. The number of esters is 1. The highest BCUT2D eigenvalue weighted by Gasteiger charge is 2.60. The number of nitrogens with one attached hydrogen (secondary N) is 3. The summed E-state index contributed by atoms with van der Waals surface area (Å²) in [5, 5.41) is 24.2. The minimum atomic E-state index is -0.692. The van der Waals surface area contributed by atoms with Gasteiger partial charge in [0.1, 0.15) is 12.3 Å². The van der Waals surface area contributed by atoms with E-state index in [0.29, 0.717) is 17.7 Å². The van der Waals surface area contributed by atoms with Crippen molar-refractivity contribution < 1.29 is 19.0 Å². The van der Waals surface area contributed by atoms with Crippen molar-refractivity contribution >= 4 is 23.6 Å². The average molecular weight is 445 g/mol. The molecule has 9 nitrogen and oxygen atoms in total. The third-order valence-corrected chi connectivity index (χ3v) is 7.23. The number of anilines is 3. The lowest BCUT2D eigenvalue weighted by Crippen LogP contribution is -2.63. The van der Waals surface area contributed by atoms with E-state index in [4.69, 9.17) is 4.74 Å². The third kappa shape index (κ3) is 3.80. The summed E-state index contributed by atoms with van der Waals surface area (Å²) >= 11 is 0. The lowest BCUT2D eigenvalue weighted by molar-refractivity contribution is -0.163. The average Bonchev–Trinajstić information content (AvgIpc) is 3.09. The van der Waals surface area contributed by atoms with Gasteiger partial charge in [0.25, 0.3) is 0 Å². The van der Waals surface area contributed by atoms with Crippen LogP contribution in [0.25, 0.3) is 0 Å². The summed E-state index contributed by atoms with van der Waals surface area (Å²) in [6.45, 7) is 5.03. The lowest BCUT2D eigenvalue weighted by atomic mass is 9.46. The van der Waals surface area contributed by atoms with Crippen molar-refractivity contribution in [1.29, 1.82) is 0 Å². The van der Waals surface area contributed by atoms with Crippen LogP contribution in [0.3, 0.4) is 0 Å². The van der Waals surface area contributed by atoms with Crippen LogP contribution in [0.1, 0.15) is 57.3 Å². The molecule has 2 aromatic rings. The summed E-state index contributed by atoms with van der Waals surface area (Å²) in [4.78, 5) is 20.0. The Morgan fingerprint density at radius 2 is 2.19 bits per heavy atom. The maximum atomic E-state index is 15.1. The zero-order chi connectivity index (χ0) is 22.7. The maximum absolute atomic E-state index is 15.1. The molecule has 4 saturated carbocycles. The van der Waals surface area contributed by atoms with Crippen molar-refractivity contribution in [3.63, 3.8) is 0 Å². The topological polar surface area (TPSA) is 125 Å². The van der Waals surface area contributed by atoms with Crippen molar-refractivity contribution in [2.24, 2.45) is 17.3 Å². The molecule has 4 aliphatic rings. The fourth-order valence-corrected chi connectivity index (χ4v) is 6.49. The van der Waals surface area contributed by atoms with Gasteiger partial charge in [-0.1, -0.05) is 6.92 Å². The molecule has 2 aromatic heterocycles. The minimum Gasteiger partial charge on any atom is -0.459 e. The molecule has 0 spiro atoms. The Bertz CT molecular complexity index is 1060. The van der Waals surface area contributed by atoms with Crippen LogP contribution in [0.5, 0.6) is 0 Å². The van der Waals surface area contributed by atoms with E-state index in [-0.39, 0.29) is 35.5 Å². The summed E-state index contributed by atoms with van der Waals surface area (Å²) < 4.78 is 20.1. The van der Waals surface area contributed by atoms with E-state index in [2.05, 4.69) is 37.7 Å². The van der Waals surface area contributed by atoms with Gasteiger partial charge in [-0.15, -0.1) is 0 Å². The molecule has 0 radical (unpaired) electrons. The molecule has 6 rings (SSSR count). The molecule has 4 bridgehead atoms. The van der Waals surface area contributed by atoms with E-state index in [1.54, 1.807) is 6.07 Å². The Hall–Kier alpha value is -2.75. The molecule has 5 unspecified atom stereocenters. The molecule has 0 amide bonds. The van der Waals surface area contributed by atoms with Crippen molar-refractivity contribution in [1.82, 2.24) is 20.2 Å². The number of ether oxygens (including phenoxy) is 1. The number of nitrogens with zero attached hydrogens (tertiary/aromatic N) is 3. The lowest BCUT2D eigenvalue weighted by Gasteiger charge is -2.63. The van der Waals surface area contributed by atoms with Crippen LogP contribution in [0.2, 0.25) is 0 Å². The third-order valence-electron chi connectivity index (χ3n) is 7.23. The number of H-pyrrole nitrogens is 1. The van der Waals surface area contributed by atoms with Gasteiger partial charge in [-0.2, -0.15) is 10.1 Å². The van der Waals surface area contributed by atoms with Gasteiger partial charge in [-0.05, 0) is 56.3 Å². The van der Waals surface area contributed by atoms with Crippen LogP contribution in [-0.2, 0) is 16.1 Å². The summed E-state index contributed by atoms with van der Waals surface area (Å²) in [5.74, 6) is 0.303. The van der Waals surface area contributed by atoms with Gasteiger partial charge in [-0.3, -0.25) is 9.89 Å². The molecular formula is C22H29FN6O3. The highest BCUT2D eigenvalue weighted by Crippen LogP contribution is 2.61. The van der Waals surface area contributed by atoms with Crippen LogP contribution in [0.4, 0.5) is 22.0 Å². The second kappa shape index (κ2) is 7.40. The molecule has 2 heterocycles. The van der Waals surface area contributed by atoms with E-state index >= 15 is 4.39 Å². The molecule has 0 saturated heterocycles. The Kier molecular flexibility index (Phi) is 4.88. The number of aromatic amines is 1. The van der Waals surface area contributed by atoms with Gasteiger partial charge < -0.3 is 20.5 Å². The highest BCUT2D eigenvalue weighted by atomic mass is 19.1. The molecule has 172 valence electrons. The first-order valence-electron chi connectivity index (χ1n) is 11.1. The van der Waals surface area contributed by atoms with Gasteiger partial charge in [0, 0.05) is 24.7 Å². The van der Waals surface area contributed by atoms with E-state index in [1.807, 2.05) is 6.92 Å². The highest BCUT2D eigenvalue weighted by molar-refractivity contribution is 5.66. The first-order valence-corrected chi connectivity index (χ1v) is 11.1. The predicted molar refractivity (Wildman–Crippen MR) is 115 cm³/mol. The largest absolute Gasteiger partial charge is 0.459 e. The second-order valence-electron chi connectivity index (χ2n) is 10.1. The van der Waals surface area contributed by atoms with Crippen molar-refractivity contribution in [3.8, 4) is 0 Å². The number of aromatic nitrogens is 4. The molecule has 32 heavy (non-hydrogen) atoms. The summed E-state index contributed by atoms with van der Waals surface area (Å²) in [6, 6.07) is 1.81. The Balaban J connectivity index is 1.45. The Morgan fingerprint density at radius 1 is 1.38 bits per heavy atom. The number of hydrogen-bond donors (Lipinski definition) is 4. The number of carbonyl (C=O) groups is 1. The van der Waals surface area contributed by atoms with Gasteiger partial charge >= 0.3 is 5.97 Å². The number of aryl methyl sites for hydroxylation is 1. The molecule has 4 fully saturated rings. The van der Waals surface area contributed by atoms with Gasteiger partial charge in [0.15, 0.2) is 17.5 Å². The number of aliphatic hydroxyl groups is 1. The first-order chi connectivity index (χ1) is 15.1. The zero-order valence-corrected chi connectivity index (χ0v) is 18.5. The summed E-state index contributed by atoms with van der Waals surface area (Å²) in [5.41, 5.74) is 0.146. The SMILES string of the molecule is CC(=O)OCc1nc(NC2C3CC4CC(O)(C3)CC2(C)C4)nc(Nc2cc(C)[nH]n2)c1F. The molecule has 4 aliphatic carbocycles. The van der Waals surface area contributed by atoms with Crippen molar-refractivity contribution in [2.75, 3.05) is 10.6 Å². The van der Waals surface area contributed by atoms with Crippen molar-refractivity contribution in [2.45, 2.75) is 71.1 Å². The van der Waals surface area contributed by atoms with Crippen LogP contribution >= 0.6 is 0 Å². The smallest absolute Gasteiger partial charge is 0.303 e. The first kappa shape index (κ1) is 21.1. The Labute approximate surface area is 185 Å². The normalized spacial score (nSPS) is 32.7. The van der Waals surface area contributed by atoms with Gasteiger partial charge in [-0.25, -0.2) is 9.37 Å². The Morgan fingerprint density at radius 3 is 2.84 bits per heavy atom.